The van der Waals surface area contributed by atoms with Crippen LogP contribution in [-0.4, -0.2) is 50.7 Å². The highest BCUT2D eigenvalue weighted by Crippen LogP contribution is 2.24. The van der Waals surface area contributed by atoms with Crippen molar-refractivity contribution < 1.29 is 19.1 Å². The minimum Gasteiger partial charge on any atom is -0.466 e. The summed E-state index contributed by atoms with van der Waals surface area (Å²) in [5, 5.41) is 0. The lowest BCUT2D eigenvalue weighted by atomic mass is 9.87. The quantitative estimate of drug-likeness (QED) is 0.424. The summed E-state index contributed by atoms with van der Waals surface area (Å²) in [7, 11) is 5.97. The third-order valence-corrected chi connectivity index (χ3v) is 4.98. The highest BCUT2D eigenvalue weighted by Gasteiger charge is 2.39. The van der Waals surface area contributed by atoms with E-state index in [4.69, 9.17) is 9.47 Å². The van der Waals surface area contributed by atoms with Gasteiger partial charge in [0.05, 0.1) is 19.8 Å². The average molecular weight is 430 g/mol. The molecule has 5 heteroatoms. The van der Waals surface area contributed by atoms with Crippen LogP contribution in [0.5, 0.6) is 0 Å². The Morgan fingerprint density at radius 1 is 0.844 bits per heavy atom. The molecule has 0 bridgehead atoms. The Balaban J connectivity index is 2.86. The van der Waals surface area contributed by atoms with Crippen LogP contribution in [0.3, 0.4) is 0 Å². The van der Waals surface area contributed by atoms with Crippen LogP contribution in [0, 0.1) is 37.5 Å². The molecule has 0 aromatic heterocycles. The molecule has 0 fully saturated rings. The maximum Gasteiger partial charge on any atom is 0.337 e. The van der Waals surface area contributed by atoms with Crippen molar-refractivity contribution in [2.75, 3.05) is 28.3 Å². The highest BCUT2D eigenvalue weighted by atomic mass is 16.5. The van der Waals surface area contributed by atoms with E-state index in [1.807, 2.05) is 62.4 Å². The maximum atomic E-state index is 12.8. The van der Waals surface area contributed by atoms with E-state index in [9.17, 15) is 9.59 Å². The van der Waals surface area contributed by atoms with Crippen molar-refractivity contribution in [1.29, 1.82) is 0 Å². The molecule has 164 valence electrons. The number of carbonyl (C=O) groups excluding carboxylic acids is 2. The summed E-state index contributed by atoms with van der Waals surface area (Å²) in [6, 6.07) is 15.3. The van der Waals surface area contributed by atoms with Crippen LogP contribution in [0.25, 0.3) is 0 Å². The molecule has 32 heavy (non-hydrogen) atoms. The molecule has 0 N–H and O–H groups in total. The lowest BCUT2D eigenvalue weighted by molar-refractivity contribution is -0.139. The molecule has 0 amide bonds. The van der Waals surface area contributed by atoms with E-state index < -0.39 is 17.5 Å². The predicted octanol–water partition coefficient (Wildman–Crippen LogP) is 3.28. The average Bonchev–Trinajstić information content (AvgIpc) is 2.79. The van der Waals surface area contributed by atoms with E-state index in [0.717, 1.165) is 28.3 Å². The molecule has 0 aliphatic rings. The van der Waals surface area contributed by atoms with Gasteiger partial charge in [-0.15, -0.1) is 0 Å². The fourth-order valence-electron chi connectivity index (χ4n) is 2.97. The molecule has 2 aromatic carbocycles. The number of likely N-dealkylation sites (N-methyl/N-ethyl adjacent to an activating group) is 1. The van der Waals surface area contributed by atoms with Gasteiger partial charge >= 0.3 is 11.9 Å². The van der Waals surface area contributed by atoms with Crippen molar-refractivity contribution in [3.05, 3.63) is 82.4 Å². The van der Waals surface area contributed by atoms with Crippen molar-refractivity contribution in [2.45, 2.75) is 19.4 Å². The third kappa shape index (κ3) is 5.66. The minimum absolute atomic E-state index is 0.0287. The van der Waals surface area contributed by atoms with Crippen LogP contribution < -0.4 is 0 Å². The van der Waals surface area contributed by atoms with E-state index in [2.05, 4.69) is 23.7 Å². The van der Waals surface area contributed by atoms with Gasteiger partial charge in [0.1, 0.15) is 0 Å². The SMILES string of the molecule is COC(=O)/C=C(\C(=O)OC)C(C#Cc1ccccc1C)(C#Cc1ccccc1C)N(C)C. The number of esters is 2. The summed E-state index contributed by atoms with van der Waals surface area (Å²) < 4.78 is 9.76. The fraction of sp³-hybridized carbons (Fsp3) is 0.259. The molecule has 0 radical (unpaired) electrons. The Labute approximate surface area is 190 Å². The number of hydrogen-bond acceptors (Lipinski definition) is 5. The second kappa shape index (κ2) is 11.0. The second-order valence-corrected chi connectivity index (χ2v) is 7.31. The van der Waals surface area contributed by atoms with Gasteiger partial charge in [-0.25, -0.2) is 9.59 Å². The normalized spacial score (nSPS) is 11.0. The van der Waals surface area contributed by atoms with Gasteiger partial charge in [-0.2, -0.15) is 0 Å². The topological polar surface area (TPSA) is 55.8 Å². The molecule has 5 nitrogen and oxygen atoms in total. The summed E-state index contributed by atoms with van der Waals surface area (Å²) in [4.78, 5) is 26.6. The van der Waals surface area contributed by atoms with E-state index in [1.54, 1.807) is 19.0 Å². The molecule has 0 heterocycles. The largest absolute Gasteiger partial charge is 0.466 e. The number of ether oxygens (including phenoxy) is 2. The standard InChI is InChI=1S/C27H27NO4/c1-20-11-7-9-13-22(20)15-17-27(28(3)4,18-16-23-14-10-8-12-21(23)2)24(26(30)32-6)19-25(29)31-5/h7-14,19H,1-6H3/b24-19+. The summed E-state index contributed by atoms with van der Waals surface area (Å²) in [5.41, 5.74) is 2.08. The van der Waals surface area contributed by atoms with Crippen LogP contribution in [0.2, 0.25) is 0 Å². The zero-order chi connectivity index (χ0) is 23.7. The van der Waals surface area contributed by atoms with E-state index >= 15 is 0 Å². The Bertz CT molecular complexity index is 1090. The van der Waals surface area contributed by atoms with Crippen LogP contribution >= 0.6 is 0 Å². The highest BCUT2D eigenvalue weighted by molar-refractivity contribution is 6.00. The number of hydrogen-bond donors (Lipinski definition) is 0. The van der Waals surface area contributed by atoms with Crippen LogP contribution in [0.1, 0.15) is 22.3 Å². The molecule has 0 atom stereocenters. The molecule has 0 aliphatic carbocycles. The van der Waals surface area contributed by atoms with Crippen LogP contribution in [0.4, 0.5) is 0 Å². The smallest absolute Gasteiger partial charge is 0.337 e. The van der Waals surface area contributed by atoms with Crippen molar-refractivity contribution in [2.24, 2.45) is 0 Å². The monoisotopic (exact) mass is 429 g/mol. The first-order valence-corrected chi connectivity index (χ1v) is 9.98. The molecule has 2 aromatic rings. The lowest BCUT2D eigenvalue weighted by Gasteiger charge is -2.31. The van der Waals surface area contributed by atoms with Gasteiger partial charge in [0, 0.05) is 17.2 Å². The van der Waals surface area contributed by atoms with Gasteiger partial charge in [-0.3, -0.25) is 4.90 Å². The summed E-state index contributed by atoms with van der Waals surface area (Å²) in [5.74, 6) is 11.2. The molecule has 0 spiro atoms. The second-order valence-electron chi connectivity index (χ2n) is 7.31. The van der Waals surface area contributed by atoms with Crippen molar-refractivity contribution in [1.82, 2.24) is 4.90 Å². The minimum atomic E-state index is -1.44. The van der Waals surface area contributed by atoms with Crippen molar-refractivity contribution in [3.63, 3.8) is 0 Å². The van der Waals surface area contributed by atoms with Gasteiger partial charge in [-0.1, -0.05) is 60.1 Å². The molecule has 0 saturated heterocycles. The number of carbonyl (C=O) groups is 2. The summed E-state index contributed by atoms with van der Waals surface area (Å²) in [6.45, 7) is 3.90. The van der Waals surface area contributed by atoms with E-state index in [-0.39, 0.29) is 5.57 Å². The molecule has 0 aliphatic heterocycles. The number of nitrogens with zero attached hydrogens (tertiary/aromatic N) is 1. The molecular weight excluding hydrogens is 402 g/mol. The van der Waals surface area contributed by atoms with E-state index in [0.29, 0.717) is 0 Å². The van der Waals surface area contributed by atoms with Gasteiger partial charge < -0.3 is 9.47 Å². The van der Waals surface area contributed by atoms with Gasteiger partial charge in [0.15, 0.2) is 5.54 Å². The Morgan fingerprint density at radius 3 is 1.69 bits per heavy atom. The molecular formula is C27H27NO4. The number of methoxy groups -OCH3 is 2. The molecule has 2 rings (SSSR count). The van der Waals surface area contributed by atoms with Crippen molar-refractivity contribution >= 4 is 11.9 Å². The van der Waals surface area contributed by atoms with Gasteiger partial charge in [0.25, 0.3) is 0 Å². The Hall–Kier alpha value is -3.80. The van der Waals surface area contributed by atoms with Crippen molar-refractivity contribution in [3.8, 4) is 23.7 Å². The summed E-state index contributed by atoms with van der Waals surface area (Å²) >= 11 is 0. The first-order valence-electron chi connectivity index (χ1n) is 9.98. The van der Waals surface area contributed by atoms with Crippen LogP contribution in [-0.2, 0) is 19.1 Å². The van der Waals surface area contributed by atoms with Crippen LogP contribution in [0.15, 0.2) is 60.2 Å². The van der Waals surface area contributed by atoms with Gasteiger partial charge in [-0.05, 0) is 51.2 Å². The predicted molar refractivity (Wildman–Crippen MR) is 125 cm³/mol. The van der Waals surface area contributed by atoms with E-state index in [1.165, 1.54) is 14.2 Å². The Morgan fingerprint density at radius 2 is 1.31 bits per heavy atom. The third-order valence-electron chi connectivity index (χ3n) is 4.98. The summed E-state index contributed by atoms with van der Waals surface area (Å²) in [6.07, 6.45) is 1.09. The molecule has 0 unspecified atom stereocenters. The first-order chi connectivity index (χ1) is 15.2. The zero-order valence-electron chi connectivity index (χ0n) is 19.3. The zero-order valence-corrected chi connectivity index (χ0v) is 19.3. The Kier molecular flexibility index (Phi) is 8.41. The number of aryl methyl sites for hydroxylation is 2. The number of benzene rings is 2. The fourth-order valence-corrected chi connectivity index (χ4v) is 2.97. The first kappa shape index (κ1) is 24.5. The molecule has 0 saturated carbocycles. The maximum absolute atomic E-state index is 12.8. The number of rotatable bonds is 4. The lowest BCUT2D eigenvalue weighted by Crippen LogP contribution is -2.46. The van der Waals surface area contributed by atoms with Gasteiger partial charge in [0.2, 0.25) is 0 Å².